The number of sulfonamides is 1. The zero-order chi connectivity index (χ0) is 20.3. The Labute approximate surface area is 165 Å². The van der Waals surface area contributed by atoms with Crippen LogP contribution in [0.15, 0.2) is 32.2 Å². The van der Waals surface area contributed by atoms with Crippen molar-refractivity contribution >= 4 is 15.9 Å². The molecule has 0 unspecified atom stereocenters. The molecule has 1 N–H and O–H groups in total. The standard InChI is InChI=1S/C19H27N3O5S/c1-4-15-12-22(28(24,25)19-13(2)21-27-14(19)3)8-7-16(15)10-18(23)20-11-17-6-5-9-26-17/h5-6,9,15-16H,4,7-8,10-12H2,1-3H3,(H,20,23)/t15-,16+/m1/s1. The van der Waals surface area contributed by atoms with E-state index in [-0.39, 0.29) is 22.6 Å². The molecule has 8 nitrogen and oxygen atoms in total. The van der Waals surface area contributed by atoms with Gasteiger partial charge >= 0.3 is 0 Å². The van der Waals surface area contributed by atoms with E-state index in [1.165, 1.54) is 4.31 Å². The van der Waals surface area contributed by atoms with Crippen LogP contribution in [-0.2, 0) is 21.4 Å². The first-order valence-corrected chi connectivity index (χ1v) is 11.0. The molecule has 154 valence electrons. The van der Waals surface area contributed by atoms with E-state index in [1.807, 2.05) is 13.0 Å². The number of carbonyl (C=O) groups is 1. The van der Waals surface area contributed by atoms with Crippen molar-refractivity contribution < 1.29 is 22.2 Å². The van der Waals surface area contributed by atoms with Crippen molar-refractivity contribution in [2.45, 2.75) is 51.5 Å². The van der Waals surface area contributed by atoms with Gasteiger partial charge in [0.1, 0.15) is 16.3 Å². The van der Waals surface area contributed by atoms with Crippen LogP contribution in [0.2, 0.25) is 0 Å². The maximum Gasteiger partial charge on any atom is 0.248 e. The van der Waals surface area contributed by atoms with E-state index in [0.29, 0.717) is 49.7 Å². The number of nitrogens with one attached hydrogen (secondary N) is 1. The van der Waals surface area contributed by atoms with Crippen molar-refractivity contribution in [1.82, 2.24) is 14.8 Å². The lowest BCUT2D eigenvalue weighted by Gasteiger charge is -2.37. The Kier molecular flexibility index (Phi) is 6.24. The van der Waals surface area contributed by atoms with Gasteiger partial charge in [-0.25, -0.2) is 8.42 Å². The molecule has 1 aliphatic rings. The van der Waals surface area contributed by atoms with Crippen molar-refractivity contribution in [3.8, 4) is 0 Å². The fourth-order valence-electron chi connectivity index (χ4n) is 3.88. The molecule has 0 radical (unpaired) electrons. The first kappa shape index (κ1) is 20.6. The Morgan fingerprint density at radius 3 is 2.75 bits per heavy atom. The number of aryl methyl sites for hydroxylation is 2. The number of amides is 1. The highest BCUT2D eigenvalue weighted by atomic mass is 32.2. The molecule has 9 heteroatoms. The molecular formula is C19H27N3O5S. The number of hydrogen-bond donors (Lipinski definition) is 1. The molecule has 0 saturated carbocycles. The van der Waals surface area contributed by atoms with Gasteiger partial charge in [0.15, 0.2) is 5.76 Å². The maximum absolute atomic E-state index is 13.1. The molecule has 2 atom stereocenters. The van der Waals surface area contributed by atoms with Crippen LogP contribution < -0.4 is 5.32 Å². The predicted octanol–water partition coefficient (Wildman–Crippen LogP) is 2.63. The van der Waals surface area contributed by atoms with E-state index in [4.69, 9.17) is 8.94 Å². The predicted molar refractivity (Wildman–Crippen MR) is 102 cm³/mol. The molecule has 3 rings (SSSR count). The highest BCUT2D eigenvalue weighted by Crippen LogP contribution is 2.33. The van der Waals surface area contributed by atoms with Crippen LogP contribution in [0.25, 0.3) is 0 Å². The van der Waals surface area contributed by atoms with Crippen LogP contribution in [0.4, 0.5) is 0 Å². The number of piperidine rings is 1. The summed E-state index contributed by atoms with van der Waals surface area (Å²) < 4.78 is 37.9. The van der Waals surface area contributed by atoms with Gasteiger partial charge in [0, 0.05) is 19.5 Å². The van der Waals surface area contributed by atoms with E-state index in [1.54, 1.807) is 26.2 Å². The first-order chi connectivity index (χ1) is 13.3. The van der Waals surface area contributed by atoms with E-state index in [2.05, 4.69) is 10.5 Å². The van der Waals surface area contributed by atoms with Crippen LogP contribution in [0, 0.1) is 25.7 Å². The highest BCUT2D eigenvalue weighted by molar-refractivity contribution is 7.89. The molecule has 2 aromatic rings. The molecule has 0 aromatic carbocycles. The molecule has 28 heavy (non-hydrogen) atoms. The summed E-state index contributed by atoms with van der Waals surface area (Å²) in [6, 6.07) is 3.59. The molecule has 1 saturated heterocycles. The summed E-state index contributed by atoms with van der Waals surface area (Å²) in [6.07, 6.45) is 3.42. The van der Waals surface area contributed by atoms with Crippen molar-refractivity contribution in [3.63, 3.8) is 0 Å². The number of furan rings is 1. The second-order valence-corrected chi connectivity index (χ2v) is 9.17. The zero-order valence-electron chi connectivity index (χ0n) is 16.5. The summed E-state index contributed by atoms with van der Waals surface area (Å²) in [4.78, 5) is 12.5. The SMILES string of the molecule is CC[C@@H]1CN(S(=O)(=O)c2c(C)noc2C)CC[C@H]1CC(=O)NCc1ccco1. The molecule has 1 aliphatic heterocycles. The largest absolute Gasteiger partial charge is 0.467 e. The summed E-state index contributed by atoms with van der Waals surface area (Å²) in [7, 11) is -3.65. The molecule has 1 amide bonds. The Bertz CT molecular complexity index is 885. The Balaban J connectivity index is 1.62. The third kappa shape index (κ3) is 4.30. The lowest BCUT2D eigenvalue weighted by Crippen LogP contribution is -2.44. The minimum Gasteiger partial charge on any atom is -0.467 e. The van der Waals surface area contributed by atoms with Gasteiger partial charge in [-0.2, -0.15) is 4.31 Å². The number of rotatable bonds is 7. The number of carbonyl (C=O) groups excluding carboxylic acids is 1. The summed E-state index contributed by atoms with van der Waals surface area (Å²) in [5, 5.41) is 6.64. The average molecular weight is 410 g/mol. The molecule has 0 bridgehead atoms. The molecule has 1 fully saturated rings. The van der Waals surface area contributed by atoms with Gasteiger partial charge in [-0.3, -0.25) is 4.79 Å². The fourth-order valence-corrected chi connectivity index (χ4v) is 5.68. The van der Waals surface area contributed by atoms with Gasteiger partial charge < -0.3 is 14.3 Å². The minimum atomic E-state index is -3.65. The summed E-state index contributed by atoms with van der Waals surface area (Å²) >= 11 is 0. The van der Waals surface area contributed by atoms with Crippen LogP contribution in [0.5, 0.6) is 0 Å². The third-order valence-corrected chi connectivity index (χ3v) is 7.54. The van der Waals surface area contributed by atoms with Crippen molar-refractivity contribution in [1.29, 1.82) is 0 Å². The molecule has 3 heterocycles. The lowest BCUT2D eigenvalue weighted by atomic mass is 9.82. The van der Waals surface area contributed by atoms with Crippen LogP contribution in [-0.4, -0.2) is 36.9 Å². The van der Waals surface area contributed by atoms with Crippen molar-refractivity contribution in [2.75, 3.05) is 13.1 Å². The van der Waals surface area contributed by atoms with Crippen LogP contribution in [0.3, 0.4) is 0 Å². The molecular weight excluding hydrogens is 382 g/mol. The molecule has 0 spiro atoms. The summed E-state index contributed by atoms with van der Waals surface area (Å²) in [5.74, 6) is 1.25. The van der Waals surface area contributed by atoms with Gasteiger partial charge in [0.2, 0.25) is 15.9 Å². The summed E-state index contributed by atoms with van der Waals surface area (Å²) in [6.45, 7) is 6.43. The Hall–Kier alpha value is -2.13. The van der Waals surface area contributed by atoms with Crippen LogP contribution in [0.1, 0.15) is 43.4 Å². The maximum atomic E-state index is 13.1. The van der Waals surface area contributed by atoms with E-state index >= 15 is 0 Å². The Morgan fingerprint density at radius 1 is 1.36 bits per heavy atom. The Morgan fingerprint density at radius 2 is 2.14 bits per heavy atom. The van der Waals surface area contributed by atoms with E-state index in [9.17, 15) is 13.2 Å². The average Bonchev–Trinajstić information content (AvgIpc) is 3.30. The van der Waals surface area contributed by atoms with Gasteiger partial charge in [-0.15, -0.1) is 0 Å². The second kappa shape index (κ2) is 8.48. The fraction of sp³-hybridized carbons (Fsp3) is 0.579. The highest BCUT2D eigenvalue weighted by Gasteiger charge is 2.38. The van der Waals surface area contributed by atoms with Crippen molar-refractivity contribution in [3.05, 3.63) is 35.6 Å². The number of nitrogens with zero attached hydrogens (tertiary/aromatic N) is 2. The van der Waals surface area contributed by atoms with Gasteiger partial charge in [0.25, 0.3) is 0 Å². The monoisotopic (exact) mass is 409 g/mol. The van der Waals surface area contributed by atoms with Crippen molar-refractivity contribution in [2.24, 2.45) is 11.8 Å². The van der Waals surface area contributed by atoms with Crippen LogP contribution >= 0.6 is 0 Å². The zero-order valence-corrected chi connectivity index (χ0v) is 17.3. The van der Waals surface area contributed by atoms with Gasteiger partial charge in [-0.05, 0) is 44.2 Å². The second-order valence-electron chi connectivity index (χ2n) is 7.29. The smallest absolute Gasteiger partial charge is 0.248 e. The summed E-state index contributed by atoms with van der Waals surface area (Å²) in [5.41, 5.74) is 0.380. The van der Waals surface area contributed by atoms with E-state index in [0.717, 1.165) is 6.42 Å². The molecule has 2 aromatic heterocycles. The quantitative estimate of drug-likeness (QED) is 0.754. The number of hydrogen-bond acceptors (Lipinski definition) is 6. The van der Waals surface area contributed by atoms with Gasteiger partial charge in [0.05, 0.1) is 12.8 Å². The van der Waals surface area contributed by atoms with Gasteiger partial charge in [-0.1, -0.05) is 18.5 Å². The third-order valence-electron chi connectivity index (χ3n) is 5.43. The minimum absolute atomic E-state index is 0.0399. The number of aromatic nitrogens is 1. The lowest BCUT2D eigenvalue weighted by molar-refractivity contribution is -0.123. The first-order valence-electron chi connectivity index (χ1n) is 9.55. The van der Waals surface area contributed by atoms with E-state index < -0.39 is 10.0 Å². The molecule has 0 aliphatic carbocycles. The normalized spacial score (nSPS) is 21.0. The topological polar surface area (TPSA) is 106 Å².